The third kappa shape index (κ3) is 3.81. The quantitative estimate of drug-likeness (QED) is 0.754. The second-order valence-electron chi connectivity index (χ2n) is 10.1. The van der Waals surface area contributed by atoms with Crippen molar-refractivity contribution in [3.63, 3.8) is 0 Å². The summed E-state index contributed by atoms with van der Waals surface area (Å²) < 4.78 is 0. The largest absolute Gasteiger partial charge is 0.349 e. The molecule has 4 aliphatic rings. The molecule has 1 aliphatic heterocycles. The van der Waals surface area contributed by atoms with Gasteiger partial charge in [0.1, 0.15) is 5.78 Å². The van der Waals surface area contributed by atoms with Gasteiger partial charge in [-0.1, -0.05) is 0 Å². The predicted molar refractivity (Wildman–Crippen MR) is 115 cm³/mol. The fraction of sp³-hybridized carbons (Fsp3) is 0.600. The van der Waals surface area contributed by atoms with Crippen molar-refractivity contribution in [1.29, 1.82) is 0 Å². The average Bonchev–Trinajstić information content (AvgIpc) is 3.42. The Kier molecular flexibility index (Phi) is 4.98. The highest BCUT2D eigenvalue weighted by Gasteiger charge is 2.45. The van der Waals surface area contributed by atoms with Crippen LogP contribution in [0.5, 0.6) is 0 Å². The molecule has 1 spiro atoms. The molecule has 1 heterocycles. The van der Waals surface area contributed by atoms with Crippen molar-refractivity contribution in [3.05, 3.63) is 34.9 Å². The van der Waals surface area contributed by atoms with Crippen LogP contribution in [0.4, 0.5) is 0 Å². The Morgan fingerprint density at radius 1 is 1.10 bits per heavy atom. The molecule has 2 atom stereocenters. The molecule has 3 aliphatic carbocycles. The molecule has 31 heavy (non-hydrogen) atoms. The zero-order chi connectivity index (χ0) is 21.8. The van der Waals surface area contributed by atoms with Crippen LogP contribution in [0.15, 0.2) is 18.2 Å². The summed E-state index contributed by atoms with van der Waals surface area (Å²) in [6.07, 6.45) is 8.37. The lowest BCUT2D eigenvalue weighted by molar-refractivity contribution is -0.133. The third-order valence-corrected chi connectivity index (χ3v) is 8.13. The average molecular weight is 423 g/mol. The van der Waals surface area contributed by atoms with Crippen LogP contribution in [0.25, 0.3) is 0 Å². The van der Waals surface area contributed by atoms with E-state index in [1.165, 1.54) is 38.5 Å². The van der Waals surface area contributed by atoms with Crippen LogP contribution in [-0.2, 0) is 16.1 Å². The Bertz CT molecular complexity index is 954. The number of hydrogen-bond donors (Lipinski definition) is 1. The summed E-state index contributed by atoms with van der Waals surface area (Å²) in [6, 6.07) is 4.79. The molecular formula is C25H30N2O4. The number of ketones is 2. The molecule has 0 aromatic heterocycles. The van der Waals surface area contributed by atoms with E-state index in [1.54, 1.807) is 23.1 Å². The van der Waals surface area contributed by atoms with Gasteiger partial charge in [0.15, 0.2) is 5.78 Å². The van der Waals surface area contributed by atoms with Crippen LogP contribution in [0.3, 0.4) is 0 Å². The molecule has 6 heteroatoms. The van der Waals surface area contributed by atoms with Crippen LogP contribution in [0.2, 0.25) is 0 Å². The first-order valence-corrected chi connectivity index (χ1v) is 11.6. The predicted octanol–water partition coefficient (Wildman–Crippen LogP) is 3.42. The fourth-order valence-corrected chi connectivity index (χ4v) is 5.76. The minimum Gasteiger partial charge on any atom is -0.349 e. The summed E-state index contributed by atoms with van der Waals surface area (Å²) in [5.74, 6) is 0.0154. The zero-order valence-electron chi connectivity index (χ0n) is 18.1. The van der Waals surface area contributed by atoms with Crippen molar-refractivity contribution in [2.75, 3.05) is 0 Å². The first-order valence-electron chi connectivity index (χ1n) is 11.6. The van der Waals surface area contributed by atoms with E-state index in [4.69, 9.17) is 0 Å². The van der Waals surface area contributed by atoms with Gasteiger partial charge >= 0.3 is 0 Å². The molecule has 164 valence electrons. The number of carbonyl (C=O) groups is 4. The van der Waals surface area contributed by atoms with E-state index in [-0.39, 0.29) is 35.8 Å². The highest BCUT2D eigenvalue weighted by molar-refractivity contribution is 6.08. The fourth-order valence-electron chi connectivity index (χ4n) is 5.76. The summed E-state index contributed by atoms with van der Waals surface area (Å²) >= 11 is 0. The number of fused-ring (bicyclic) bond motifs is 1. The first-order chi connectivity index (χ1) is 14.8. The van der Waals surface area contributed by atoms with Gasteiger partial charge in [-0.3, -0.25) is 19.2 Å². The minimum absolute atomic E-state index is 0.0521. The molecule has 1 N–H and O–H groups in total. The number of rotatable bonds is 4. The number of Topliss-reactive ketones (excluding diaryl/α,β-unsaturated/α-hetero) is 2. The maximum Gasteiger partial charge on any atom is 0.255 e. The van der Waals surface area contributed by atoms with Crippen molar-refractivity contribution in [2.24, 2.45) is 11.3 Å². The van der Waals surface area contributed by atoms with E-state index < -0.39 is 6.04 Å². The van der Waals surface area contributed by atoms with Crippen molar-refractivity contribution < 1.29 is 19.2 Å². The van der Waals surface area contributed by atoms with E-state index in [0.717, 1.165) is 5.56 Å². The van der Waals surface area contributed by atoms with E-state index in [9.17, 15) is 19.2 Å². The number of amides is 2. The molecule has 0 saturated heterocycles. The summed E-state index contributed by atoms with van der Waals surface area (Å²) in [5.41, 5.74) is 2.53. The van der Waals surface area contributed by atoms with Gasteiger partial charge in [-0.25, -0.2) is 0 Å². The van der Waals surface area contributed by atoms with Crippen LogP contribution in [-0.4, -0.2) is 40.4 Å². The van der Waals surface area contributed by atoms with Crippen molar-refractivity contribution >= 4 is 23.4 Å². The smallest absolute Gasteiger partial charge is 0.255 e. The number of hydrogen-bond acceptors (Lipinski definition) is 4. The molecule has 2 amide bonds. The molecule has 1 unspecified atom stereocenters. The highest BCUT2D eigenvalue weighted by Crippen LogP contribution is 2.57. The number of nitrogens with zero attached hydrogens (tertiary/aromatic N) is 1. The van der Waals surface area contributed by atoms with Gasteiger partial charge in [-0.15, -0.1) is 0 Å². The highest BCUT2D eigenvalue weighted by atomic mass is 16.2. The second kappa shape index (κ2) is 7.57. The van der Waals surface area contributed by atoms with Gasteiger partial charge in [-0.2, -0.15) is 0 Å². The summed E-state index contributed by atoms with van der Waals surface area (Å²) in [4.78, 5) is 51.1. The maximum absolute atomic E-state index is 12.9. The molecule has 5 rings (SSSR count). The Hall–Kier alpha value is -2.50. The lowest BCUT2D eigenvalue weighted by atomic mass is 9.77. The van der Waals surface area contributed by atoms with Gasteiger partial charge in [0.2, 0.25) is 0 Å². The Morgan fingerprint density at radius 2 is 1.84 bits per heavy atom. The van der Waals surface area contributed by atoms with Gasteiger partial charge in [0, 0.05) is 30.1 Å². The van der Waals surface area contributed by atoms with Gasteiger partial charge in [0.25, 0.3) is 11.8 Å². The Labute approximate surface area is 182 Å². The van der Waals surface area contributed by atoms with Crippen LogP contribution < -0.4 is 5.32 Å². The molecular weight excluding hydrogens is 392 g/mol. The zero-order valence-corrected chi connectivity index (χ0v) is 18.1. The molecule has 0 bridgehead atoms. The molecule has 3 fully saturated rings. The maximum atomic E-state index is 12.9. The molecule has 1 aromatic carbocycles. The van der Waals surface area contributed by atoms with Crippen LogP contribution in [0, 0.1) is 11.3 Å². The second-order valence-corrected chi connectivity index (χ2v) is 10.1. The van der Waals surface area contributed by atoms with Crippen LogP contribution >= 0.6 is 0 Å². The van der Waals surface area contributed by atoms with Crippen molar-refractivity contribution in [1.82, 2.24) is 10.2 Å². The molecule has 0 radical (unpaired) electrons. The topological polar surface area (TPSA) is 83.6 Å². The standard InChI is InChI=1S/C25H30N2O4/c1-15(16-6-8-25(9-7-16)10-11-25)26-23(30)17-2-4-20-18(12-17)14-27(24(20)31)21-5-3-19(28)13-22(21)29/h2,4,12,15-16,21H,3,5-11,13-14H2,1H3,(H,26,30)/t15-,21?/m0/s1. The van der Waals surface area contributed by atoms with Crippen molar-refractivity contribution in [2.45, 2.75) is 83.3 Å². The van der Waals surface area contributed by atoms with Gasteiger partial charge in [-0.05, 0) is 87.0 Å². The lowest BCUT2D eigenvalue weighted by Gasteiger charge is -2.32. The Balaban J connectivity index is 1.24. The molecule has 1 aromatic rings. The van der Waals surface area contributed by atoms with E-state index in [1.807, 2.05) is 0 Å². The van der Waals surface area contributed by atoms with Gasteiger partial charge < -0.3 is 10.2 Å². The number of carbonyl (C=O) groups excluding carboxylic acids is 4. The third-order valence-electron chi connectivity index (χ3n) is 8.13. The van der Waals surface area contributed by atoms with E-state index >= 15 is 0 Å². The number of nitrogens with one attached hydrogen (secondary N) is 1. The number of benzene rings is 1. The monoisotopic (exact) mass is 422 g/mol. The summed E-state index contributed by atoms with van der Waals surface area (Å²) in [6.45, 7) is 2.42. The lowest BCUT2D eigenvalue weighted by Crippen LogP contribution is -2.44. The van der Waals surface area contributed by atoms with E-state index in [2.05, 4.69) is 12.2 Å². The summed E-state index contributed by atoms with van der Waals surface area (Å²) in [5, 5.41) is 3.17. The molecule has 3 saturated carbocycles. The minimum atomic E-state index is -0.532. The normalized spacial score (nSPS) is 26.2. The van der Waals surface area contributed by atoms with Crippen molar-refractivity contribution in [3.8, 4) is 0 Å². The SMILES string of the molecule is C[C@H](NC(=O)c1ccc2c(c1)CN(C1CCC(=O)CC1=O)C2=O)C1CCC2(CC1)CC2. The van der Waals surface area contributed by atoms with Crippen LogP contribution in [0.1, 0.15) is 91.0 Å². The van der Waals surface area contributed by atoms with Gasteiger partial charge in [0.05, 0.1) is 12.5 Å². The summed E-state index contributed by atoms with van der Waals surface area (Å²) in [7, 11) is 0. The first kappa shape index (κ1) is 20.4. The Morgan fingerprint density at radius 3 is 2.52 bits per heavy atom. The van der Waals surface area contributed by atoms with E-state index in [0.29, 0.717) is 41.8 Å². The molecule has 6 nitrogen and oxygen atoms in total.